The van der Waals surface area contributed by atoms with E-state index in [1.165, 1.54) is 0 Å². The molecule has 0 unspecified atom stereocenters. The summed E-state index contributed by atoms with van der Waals surface area (Å²) in [5.41, 5.74) is 2.50. The van der Waals surface area contributed by atoms with Gasteiger partial charge in [0, 0.05) is 10.6 Å². The Morgan fingerprint density at radius 3 is 2.14 bits per heavy atom. The Hall–Kier alpha value is -1.86. The predicted octanol–water partition coefficient (Wildman–Crippen LogP) is 8.60. The van der Waals surface area contributed by atoms with Crippen molar-refractivity contribution in [3.05, 3.63) is 96.4 Å². The first kappa shape index (κ1) is 21.8. The number of halogens is 5. The van der Waals surface area contributed by atoms with E-state index in [0.717, 1.165) is 5.56 Å². The van der Waals surface area contributed by atoms with Crippen LogP contribution in [0.1, 0.15) is 16.7 Å². The molecule has 0 N–H and O–H groups in total. The molecule has 7 heteroatoms. The van der Waals surface area contributed by atoms with Crippen molar-refractivity contribution in [2.24, 2.45) is 0 Å². The van der Waals surface area contributed by atoms with E-state index in [1.54, 1.807) is 54.6 Å². The monoisotopic (exact) mass is 481 g/mol. The lowest BCUT2D eigenvalue weighted by Crippen LogP contribution is -1.97. The van der Waals surface area contributed by atoms with E-state index in [2.05, 4.69) is 6.07 Å². The van der Waals surface area contributed by atoms with Gasteiger partial charge in [-0.05, 0) is 47.5 Å². The minimum atomic E-state index is 0.217. The smallest absolute Gasteiger partial charge is 0.157 e. The fourth-order valence-electron chi connectivity index (χ4n) is 2.60. The Morgan fingerprint density at radius 2 is 1.52 bits per heavy atom. The lowest BCUT2D eigenvalue weighted by atomic mass is 10.0. The molecule has 0 amide bonds. The lowest BCUT2D eigenvalue weighted by molar-refractivity contribution is 0.306. The fraction of sp³-hybridized carbons (Fsp3) is 0.0455. The number of hydrogen-bond donors (Lipinski definition) is 0. The summed E-state index contributed by atoms with van der Waals surface area (Å²) in [7, 11) is 0. The van der Waals surface area contributed by atoms with Gasteiger partial charge in [0.2, 0.25) is 0 Å². The lowest BCUT2D eigenvalue weighted by Gasteiger charge is -2.12. The third-order valence-corrected chi connectivity index (χ3v) is 5.61. The molecule has 0 aromatic heterocycles. The second-order valence-electron chi connectivity index (χ2n) is 6.00. The van der Waals surface area contributed by atoms with Gasteiger partial charge in [0.25, 0.3) is 0 Å². The topological polar surface area (TPSA) is 33.0 Å². The van der Waals surface area contributed by atoms with Crippen LogP contribution in [0.15, 0.2) is 54.6 Å². The molecule has 3 aromatic rings. The van der Waals surface area contributed by atoms with Crippen LogP contribution in [0.3, 0.4) is 0 Å². The molecule has 0 aliphatic rings. The maximum Gasteiger partial charge on any atom is 0.157 e. The van der Waals surface area contributed by atoms with Gasteiger partial charge in [-0.2, -0.15) is 5.26 Å². The van der Waals surface area contributed by atoms with Crippen LogP contribution in [0.4, 0.5) is 0 Å². The second-order valence-corrected chi connectivity index (χ2v) is 8.04. The average Bonchev–Trinajstić information content (AvgIpc) is 2.69. The zero-order valence-electron chi connectivity index (χ0n) is 14.7. The molecule has 3 aromatic carbocycles. The number of allylic oxidation sites excluding steroid dienone is 1. The zero-order chi connectivity index (χ0) is 21.0. The highest BCUT2D eigenvalue weighted by Crippen LogP contribution is 2.36. The quantitative estimate of drug-likeness (QED) is 0.269. The molecule has 0 atom stereocenters. The predicted molar refractivity (Wildman–Crippen MR) is 122 cm³/mol. The molecule has 0 saturated carbocycles. The van der Waals surface area contributed by atoms with E-state index in [-0.39, 0.29) is 6.61 Å². The van der Waals surface area contributed by atoms with E-state index in [0.29, 0.717) is 47.6 Å². The standard InChI is InChI=1S/C22H12Cl5NO/c23-17-4-2-1-3-16(17)15(11-28)7-14-9-20(26)22(21(27)10-14)29-12-13-5-6-18(24)19(25)8-13/h1-10H,12H2. The molecule has 0 aliphatic heterocycles. The zero-order valence-corrected chi connectivity index (χ0v) is 18.5. The van der Waals surface area contributed by atoms with Gasteiger partial charge in [-0.25, -0.2) is 0 Å². The van der Waals surface area contributed by atoms with Crippen LogP contribution in [0, 0.1) is 11.3 Å². The number of nitrogens with zero attached hydrogens (tertiary/aromatic N) is 1. The van der Waals surface area contributed by atoms with E-state index in [1.807, 2.05) is 6.07 Å². The summed E-state index contributed by atoms with van der Waals surface area (Å²) in [6.45, 7) is 0.217. The number of rotatable bonds is 5. The minimum absolute atomic E-state index is 0.217. The number of nitriles is 1. The van der Waals surface area contributed by atoms with Crippen molar-refractivity contribution in [3.8, 4) is 11.8 Å². The summed E-state index contributed by atoms with van der Waals surface area (Å²) in [6, 6.07) is 17.8. The Balaban J connectivity index is 1.86. The van der Waals surface area contributed by atoms with Crippen LogP contribution in [0.5, 0.6) is 5.75 Å². The third kappa shape index (κ3) is 5.39. The van der Waals surface area contributed by atoms with Crippen molar-refractivity contribution in [1.29, 1.82) is 5.26 Å². The summed E-state index contributed by atoms with van der Waals surface area (Å²) in [5, 5.41) is 11.6. The molecule has 3 rings (SSSR count). The minimum Gasteiger partial charge on any atom is -0.486 e. The molecule has 0 saturated heterocycles. The molecule has 0 bridgehead atoms. The molecule has 0 aliphatic carbocycles. The molecule has 29 heavy (non-hydrogen) atoms. The maximum absolute atomic E-state index is 9.52. The Labute approximate surface area is 193 Å². The second kappa shape index (κ2) is 9.76. The van der Waals surface area contributed by atoms with Crippen LogP contribution in [-0.4, -0.2) is 0 Å². The largest absolute Gasteiger partial charge is 0.486 e. The van der Waals surface area contributed by atoms with Gasteiger partial charge in [-0.15, -0.1) is 0 Å². The first-order valence-electron chi connectivity index (χ1n) is 8.31. The van der Waals surface area contributed by atoms with E-state index < -0.39 is 0 Å². The van der Waals surface area contributed by atoms with E-state index >= 15 is 0 Å². The molecule has 2 nitrogen and oxygen atoms in total. The molecule has 0 fully saturated rings. The first-order chi connectivity index (χ1) is 13.9. The Bertz CT molecular complexity index is 1110. The summed E-state index contributed by atoms with van der Waals surface area (Å²) in [5.74, 6) is 0.341. The molecule has 0 heterocycles. The summed E-state index contributed by atoms with van der Waals surface area (Å²) < 4.78 is 5.77. The van der Waals surface area contributed by atoms with Crippen molar-refractivity contribution in [1.82, 2.24) is 0 Å². The van der Waals surface area contributed by atoms with Gasteiger partial charge in [0.15, 0.2) is 5.75 Å². The maximum atomic E-state index is 9.52. The van der Waals surface area contributed by atoms with Crippen LogP contribution >= 0.6 is 58.0 Å². The average molecular weight is 484 g/mol. The van der Waals surface area contributed by atoms with Gasteiger partial charge in [-0.1, -0.05) is 82.3 Å². The van der Waals surface area contributed by atoms with E-state index in [4.69, 9.17) is 62.7 Å². The van der Waals surface area contributed by atoms with Crippen LogP contribution in [0.2, 0.25) is 25.1 Å². The van der Waals surface area contributed by atoms with Crippen molar-refractivity contribution >= 4 is 69.7 Å². The van der Waals surface area contributed by atoms with Crippen LogP contribution < -0.4 is 4.74 Å². The van der Waals surface area contributed by atoms with Crippen molar-refractivity contribution in [2.45, 2.75) is 6.61 Å². The van der Waals surface area contributed by atoms with Gasteiger partial charge >= 0.3 is 0 Å². The molecule has 0 spiro atoms. The molecular formula is C22H12Cl5NO. The Kier molecular flexibility index (Phi) is 7.35. The molecular weight excluding hydrogens is 472 g/mol. The first-order valence-corrected chi connectivity index (χ1v) is 10.2. The third-order valence-electron chi connectivity index (χ3n) is 3.98. The SMILES string of the molecule is N#CC(=Cc1cc(Cl)c(OCc2ccc(Cl)c(Cl)c2)c(Cl)c1)c1ccccc1Cl. The van der Waals surface area contributed by atoms with Gasteiger partial charge < -0.3 is 4.74 Å². The highest BCUT2D eigenvalue weighted by molar-refractivity contribution is 6.42. The van der Waals surface area contributed by atoms with Crippen LogP contribution in [0.25, 0.3) is 11.6 Å². The number of benzene rings is 3. The van der Waals surface area contributed by atoms with E-state index in [9.17, 15) is 5.26 Å². The normalized spacial score (nSPS) is 11.2. The summed E-state index contributed by atoms with van der Waals surface area (Å²) >= 11 is 30.9. The molecule has 0 radical (unpaired) electrons. The highest BCUT2D eigenvalue weighted by atomic mass is 35.5. The molecule has 146 valence electrons. The number of hydrogen-bond acceptors (Lipinski definition) is 2. The summed E-state index contributed by atoms with van der Waals surface area (Å²) in [6.07, 6.45) is 1.67. The fourth-order valence-corrected chi connectivity index (χ4v) is 3.77. The van der Waals surface area contributed by atoms with Crippen molar-refractivity contribution in [3.63, 3.8) is 0 Å². The van der Waals surface area contributed by atoms with Gasteiger partial charge in [0.05, 0.1) is 31.7 Å². The van der Waals surface area contributed by atoms with Crippen molar-refractivity contribution < 1.29 is 4.74 Å². The Morgan fingerprint density at radius 1 is 0.828 bits per heavy atom. The highest BCUT2D eigenvalue weighted by Gasteiger charge is 2.12. The van der Waals surface area contributed by atoms with Gasteiger partial charge in [0.1, 0.15) is 6.61 Å². The van der Waals surface area contributed by atoms with Crippen molar-refractivity contribution in [2.75, 3.05) is 0 Å². The van der Waals surface area contributed by atoms with Crippen LogP contribution in [-0.2, 0) is 6.61 Å². The number of ether oxygens (including phenoxy) is 1. The summed E-state index contributed by atoms with van der Waals surface area (Å²) in [4.78, 5) is 0. The van der Waals surface area contributed by atoms with Gasteiger partial charge in [-0.3, -0.25) is 0 Å².